The van der Waals surface area contributed by atoms with E-state index >= 15 is 0 Å². The van der Waals surface area contributed by atoms with Gasteiger partial charge in [0, 0.05) is 12.2 Å². The summed E-state index contributed by atoms with van der Waals surface area (Å²) >= 11 is 1.26. The maximum Gasteiger partial charge on any atom is 0.322 e. The molecule has 0 radical (unpaired) electrons. The molecule has 18 heavy (non-hydrogen) atoms. The molecule has 0 aliphatic carbocycles. The third-order valence-corrected chi connectivity index (χ3v) is 5.57. The zero-order valence-corrected chi connectivity index (χ0v) is 11.5. The summed E-state index contributed by atoms with van der Waals surface area (Å²) in [5.74, 6) is -1.46. The number of hydrogen-bond donors (Lipinski definition) is 1. The van der Waals surface area contributed by atoms with Gasteiger partial charge in [0.15, 0.2) is 0 Å². The molecule has 0 aromatic carbocycles. The normalized spacial score (nSPS) is 20.8. The average molecular weight is 297 g/mol. The van der Waals surface area contributed by atoms with Crippen LogP contribution in [0.15, 0.2) is 0 Å². The van der Waals surface area contributed by atoms with Gasteiger partial charge >= 0.3 is 11.9 Å². The lowest BCUT2D eigenvalue weighted by Gasteiger charge is -2.19. The minimum atomic E-state index is -3.63. The number of esters is 1. The van der Waals surface area contributed by atoms with E-state index < -0.39 is 28.0 Å². The molecule has 1 aliphatic heterocycles. The lowest BCUT2D eigenvalue weighted by atomic mass is 10.3. The molecule has 1 aliphatic rings. The summed E-state index contributed by atoms with van der Waals surface area (Å²) in [7, 11) is -2.40. The number of carboxylic acids is 1. The number of thioether (sulfide) groups is 1. The number of nitrogens with zero attached hydrogens (tertiary/aromatic N) is 1. The van der Waals surface area contributed by atoms with Gasteiger partial charge < -0.3 is 9.84 Å². The summed E-state index contributed by atoms with van der Waals surface area (Å²) in [5.41, 5.74) is 0. The number of methoxy groups -OCH3 is 1. The van der Waals surface area contributed by atoms with E-state index in [1.165, 1.54) is 18.9 Å². The molecular formula is C9H15NO6S2. The molecule has 7 nitrogen and oxygen atoms in total. The van der Waals surface area contributed by atoms with E-state index in [1.807, 2.05) is 0 Å². The monoisotopic (exact) mass is 297 g/mol. The van der Waals surface area contributed by atoms with Crippen LogP contribution in [0.25, 0.3) is 0 Å². The Morgan fingerprint density at radius 1 is 1.50 bits per heavy atom. The van der Waals surface area contributed by atoms with Crippen molar-refractivity contribution in [3.8, 4) is 0 Å². The standard InChI is InChI=1S/C9H15NO6S2/c1-16-8(11)3-2-4-18(14,15)10-6-17-5-7(10)9(12)13/h7H,2-6H2,1H3,(H,12,13)/t7-/m0/s1. The van der Waals surface area contributed by atoms with Gasteiger partial charge in [-0.05, 0) is 6.42 Å². The molecule has 0 spiro atoms. The second kappa shape index (κ2) is 6.39. The second-order valence-corrected chi connectivity index (χ2v) is 6.78. The first-order valence-corrected chi connectivity index (χ1v) is 8.01. The molecule has 1 rings (SSSR count). The Balaban J connectivity index is 2.58. The van der Waals surface area contributed by atoms with Crippen LogP contribution >= 0.6 is 11.8 Å². The Morgan fingerprint density at radius 2 is 2.17 bits per heavy atom. The van der Waals surface area contributed by atoms with Crippen molar-refractivity contribution in [1.82, 2.24) is 4.31 Å². The van der Waals surface area contributed by atoms with Crippen molar-refractivity contribution < 1.29 is 27.9 Å². The fourth-order valence-electron chi connectivity index (χ4n) is 1.51. The minimum absolute atomic E-state index is 0.00838. The molecule has 104 valence electrons. The molecule has 0 amide bonds. The lowest BCUT2D eigenvalue weighted by Crippen LogP contribution is -2.42. The van der Waals surface area contributed by atoms with Crippen LogP contribution in [0.4, 0.5) is 0 Å². The predicted molar refractivity (Wildman–Crippen MR) is 65.6 cm³/mol. The SMILES string of the molecule is COC(=O)CCCS(=O)(=O)N1CSC[C@H]1C(=O)O. The average Bonchev–Trinajstić information content (AvgIpc) is 2.78. The molecular weight excluding hydrogens is 282 g/mol. The first kappa shape index (κ1) is 15.3. The van der Waals surface area contributed by atoms with Crippen molar-refractivity contribution in [2.45, 2.75) is 18.9 Å². The smallest absolute Gasteiger partial charge is 0.322 e. The highest BCUT2D eigenvalue weighted by molar-refractivity contribution is 8.00. The fraction of sp³-hybridized carbons (Fsp3) is 0.778. The third-order valence-electron chi connectivity index (χ3n) is 2.50. The van der Waals surface area contributed by atoms with Crippen molar-refractivity contribution in [1.29, 1.82) is 0 Å². The molecule has 0 aromatic heterocycles. The molecule has 1 saturated heterocycles. The minimum Gasteiger partial charge on any atom is -0.480 e. The molecule has 1 heterocycles. The van der Waals surface area contributed by atoms with E-state index in [9.17, 15) is 18.0 Å². The van der Waals surface area contributed by atoms with Crippen LogP contribution in [-0.4, -0.2) is 60.3 Å². The fourth-order valence-corrected chi connectivity index (χ4v) is 4.78. The van der Waals surface area contributed by atoms with Gasteiger partial charge in [-0.3, -0.25) is 9.59 Å². The highest BCUT2D eigenvalue weighted by Gasteiger charge is 2.38. The Kier molecular flexibility index (Phi) is 5.42. The Labute approximate surface area is 110 Å². The molecule has 9 heteroatoms. The zero-order valence-electron chi connectivity index (χ0n) is 9.87. The first-order chi connectivity index (χ1) is 8.38. The molecule has 0 unspecified atom stereocenters. The maximum atomic E-state index is 11.9. The summed E-state index contributed by atoms with van der Waals surface area (Å²) in [6.07, 6.45) is 0.136. The summed E-state index contributed by atoms with van der Waals surface area (Å²) in [5, 5.41) is 8.91. The van der Waals surface area contributed by atoms with Crippen LogP contribution in [0.3, 0.4) is 0 Å². The quantitative estimate of drug-likeness (QED) is 0.673. The second-order valence-electron chi connectivity index (χ2n) is 3.74. The molecule has 1 atom stereocenters. The lowest BCUT2D eigenvalue weighted by molar-refractivity contribution is -0.141. The number of carboxylic acid groups (broad SMARTS) is 1. The van der Waals surface area contributed by atoms with Gasteiger partial charge in [-0.15, -0.1) is 11.8 Å². The van der Waals surface area contributed by atoms with E-state index in [2.05, 4.69) is 4.74 Å². The van der Waals surface area contributed by atoms with Gasteiger partial charge in [0.1, 0.15) is 6.04 Å². The van der Waals surface area contributed by atoms with Crippen molar-refractivity contribution >= 4 is 33.7 Å². The third kappa shape index (κ3) is 3.85. The van der Waals surface area contributed by atoms with Gasteiger partial charge in [-0.25, -0.2) is 8.42 Å². The van der Waals surface area contributed by atoms with Gasteiger partial charge in [-0.1, -0.05) is 0 Å². The Bertz CT molecular complexity index is 421. The van der Waals surface area contributed by atoms with Gasteiger partial charge in [0.2, 0.25) is 10.0 Å². The predicted octanol–water partition coefficient (Wildman–Crippen LogP) is -0.271. The van der Waals surface area contributed by atoms with E-state index in [-0.39, 0.29) is 30.2 Å². The number of aliphatic carboxylic acids is 1. The van der Waals surface area contributed by atoms with Gasteiger partial charge in [0.05, 0.1) is 18.7 Å². The van der Waals surface area contributed by atoms with Crippen LogP contribution in [-0.2, 0) is 24.3 Å². The number of ether oxygens (including phenoxy) is 1. The van der Waals surface area contributed by atoms with E-state index in [4.69, 9.17) is 5.11 Å². The first-order valence-electron chi connectivity index (χ1n) is 5.25. The van der Waals surface area contributed by atoms with E-state index in [0.29, 0.717) is 0 Å². The molecule has 0 bridgehead atoms. The van der Waals surface area contributed by atoms with E-state index in [0.717, 1.165) is 4.31 Å². The highest BCUT2D eigenvalue weighted by atomic mass is 32.2. The van der Waals surface area contributed by atoms with Gasteiger partial charge in [0.25, 0.3) is 0 Å². The van der Waals surface area contributed by atoms with Crippen molar-refractivity contribution in [3.05, 3.63) is 0 Å². The van der Waals surface area contributed by atoms with Gasteiger partial charge in [-0.2, -0.15) is 4.31 Å². The zero-order chi connectivity index (χ0) is 13.8. The van der Waals surface area contributed by atoms with Crippen molar-refractivity contribution in [3.63, 3.8) is 0 Å². The maximum absolute atomic E-state index is 11.9. The van der Waals surface area contributed by atoms with Crippen LogP contribution in [0.2, 0.25) is 0 Å². The summed E-state index contributed by atoms with van der Waals surface area (Å²) in [6.45, 7) is 0. The largest absolute Gasteiger partial charge is 0.480 e. The van der Waals surface area contributed by atoms with Crippen LogP contribution < -0.4 is 0 Å². The number of rotatable bonds is 6. The number of sulfonamides is 1. The van der Waals surface area contributed by atoms with E-state index in [1.54, 1.807) is 0 Å². The van der Waals surface area contributed by atoms with Crippen LogP contribution in [0.5, 0.6) is 0 Å². The molecule has 1 fully saturated rings. The molecule has 0 saturated carbocycles. The number of carbonyl (C=O) groups is 2. The summed E-state index contributed by atoms with van der Waals surface area (Å²) in [6, 6.07) is -1.00. The highest BCUT2D eigenvalue weighted by Crippen LogP contribution is 2.25. The van der Waals surface area contributed by atoms with Crippen LogP contribution in [0.1, 0.15) is 12.8 Å². The van der Waals surface area contributed by atoms with Crippen molar-refractivity contribution in [2.75, 3.05) is 24.5 Å². The number of carbonyl (C=O) groups excluding carboxylic acids is 1. The molecule has 1 N–H and O–H groups in total. The Hall–Kier alpha value is -0.800. The summed E-state index contributed by atoms with van der Waals surface area (Å²) in [4.78, 5) is 21.8. The Morgan fingerprint density at radius 3 is 2.72 bits per heavy atom. The van der Waals surface area contributed by atoms with Crippen molar-refractivity contribution in [2.24, 2.45) is 0 Å². The molecule has 0 aromatic rings. The summed E-state index contributed by atoms with van der Waals surface area (Å²) < 4.78 is 29.2. The van der Waals surface area contributed by atoms with Crippen LogP contribution in [0, 0.1) is 0 Å². The number of hydrogen-bond acceptors (Lipinski definition) is 6. The topological polar surface area (TPSA) is 101 Å².